The lowest BCUT2D eigenvalue weighted by atomic mass is 9.73. The van der Waals surface area contributed by atoms with Crippen LogP contribution in [0.4, 0.5) is 0 Å². The molecule has 3 rings (SSSR count). The molecule has 0 spiro atoms. The molecule has 0 bridgehead atoms. The van der Waals surface area contributed by atoms with Crippen molar-refractivity contribution in [1.29, 1.82) is 0 Å². The molecule has 0 saturated carbocycles. The van der Waals surface area contributed by atoms with Gasteiger partial charge >= 0.3 is 0 Å². The van der Waals surface area contributed by atoms with Crippen LogP contribution in [0.5, 0.6) is 0 Å². The largest absolute Gasteiger partial charge is 0.439 e. The third-order valence-corrected chi connectivity index (χ3v) is 3.35. The molecule has 1 aromatic heterocycles. The smallest absolute Gasteiger partial charge is 0.228 e. The first-order valence-corrected chi connectivity index (χ1v) is 5.95. The summed E-state index contributed by atoms with van der Waals surface area (Å²) in [5.74, 6) is 1.53. The highest BCUT2D eigenvalue weighted by Crippen LogP contribution is 2.28. The van der Waals surface area contributed by atoms with Crippen LogP contribution < -0.4 is 10.8 Å². The number of nitrogens with zero attached hydrogens (tertiary/aromatic N) is 1. The number of hydrogen-bond acceptors (Lipinski definition) is 3. The van der Waals surface area contributed by atoms with Gasteiger partial charge in [0.05, 0.1) is 17.8 Å². The first kappa shape index (κ1) is 10.9. The van der Waals surface area contributed by atoms with Crippen molar-refractivity contribution in [2.75, 3.05) is 0 Å². The minimum Gasteiger partial charge on any atom is -0.439 e. The zero-order chi connectivity index (χ0) is 11.8. The van der Waals surface area contributed by atoms with E-state index in [1.807, 2.05) is 32.3 Å². The maximum atomic E-state index is 6.32. The highest BCUT2D eigenvalue weighted by molar-refractivity contribution is 6.58. The van der Waals surface area contributed by atoms with Gasteiger partial charge in [-0.05, 0) is 6.07 Å². The van der Waals surface area contributed by atoms with Gasteiger partial charge < -0.3 is 9.73 Å². The monoisotopic (exact) mass is 245 g/mol. The number of rotatable bonds is 2. The second-order valence-corrected chi connectivity index (χ2v) is 4.37. The second kappa shape index (κ2) is 4.20. The Labute approximate surface area is 105 Å². The van der Waals surface area contributed by atoms with Gasteiger partial charge in [0, 0.05) is 11.6 Å². The molecule has 85 valence electrons. The van der Waals surface area contributed by atoms with E-state index >= 15 is 0 Å². The van der Waals surface area contributed by atoms with E-state index < -0.39 is 0 Å². The number of halogens is 1. The molecule has 0 atom stereocenters. The third-order valence-electron chi connectivity index (χ3n) is 2.93. The lowest BCUT2D eigenvalue weighted by Crippen LogP contribution is -2.12. The van der Waals surface area contributed by atoms with E-state index in [9.17, 15) is 0 Å². The summed E-state index contributed by atoms with van der Waals surface area (Å²) in [5.41, 5.74) is 2.85. The molecule has 1 aliphatic rings. The number of hydrogen-bond donors (Lipinski definition) is 1. The minimum atomic E-state index is 0.616. The van der Waals surface area contributed by atoms with Crippen LogP contribution in [0, 0.1) is 0 Å². The lowest BCUT2D eigenvalue weighted by Gasteiger charge is -2.04. The summed E-state index contributed by atoms with van der Waals surface area (Å²) in [6.07, 6.45) is 0. The van der Waals surface area contributed by atoms with Crippen LogP contribution in [0.1, 0.15) is 11.5 Å². The topological polar surface area (TPSA) is 38.1 Å². The van der Waals surface area contributed by atoms with Crippen molar-refractivity contribution >= 4 is 24.3 Å². The zero-order valence-electron chi connectivity index (χ0n) is 9.46. The molecule has 5 heteroatoms. The molecule has 2 heterocycles. The van der Waals surface area contributed by atoms with Gasteiger partial charge in [0.25, 0.3) is 0 Å². The maximum absolute atomic E-state index is 6.32. The Kier molecular flexibility index (Phi) is 2.69. The van der Waals surface area contributed by atoms with E-state index in [1.165, 1.54) is 0 Å². The number of aromatic nitrogens is 1. The molecular formula is C12H11BClN2O. The third kappa shape index (κ3) is 1.77. The predicted octanol–water partition coefficient (Wildman–Crippen LogP) is 1.98. The van der Waals surface area contributed by atoms with E-state index in [0.717, 1.165) is 35.6 Å². The number of oxazole rings is 1. The Morgan fingerprint density at radius 1 is 1.41 bits per heavy atom. The fraction of sp³-hybridized carbons (Fsp3) is 0.250. The van der Waals surface area contributed by atoms with Crippen molar-refractivity contribution in [2.45, 2.75) is 19.9 Å². The van der Waals surface area contributed by atoms with Crippen molar-refractivity contribution < 1.29 is 4.42 Å². The first-order chi connectivity index (χ1) is 8.29. The van der Waals surface area contributed by atoms with E-state index in [2.05, 4.69) is 10.3 Å². The second-order valence-electron chi connectivity index (χ2n) is 3.99. The molecule has 0 unspecified atom stereocenters. The Hall–Kier alpha value is -1.26. The van der Waals surface area contributed by atoms with Crippen molar-refractivity contribution in [3.05, 3.63) is 34.7 Å². The van der Waals surface area contributed by atoms with Gasteiger partial charge in [-0.3, -0.25) is 0 Å². The van der Waals surface area contributed by atoms with Gasteiger partial charge in [0.1, 0.15) is 13.0 Å². The standard InChI is InChI=1S/C12H11BClN2O/c1-13-8-4-2-3-7(11(8)14)12-16-9-5-15-6-10(9)17-12/h2-4,15H,5-6H2,1H3. The van der Waals surface area contributed by atoms with Gasteiger partial charge in [0.2, 0.25) is 5.89 Å². The fourth-order valence-corrected chi connectivity index (χ4v) is 2.32. The molecule has 1 aromatic carbocycles. The van der Waals surface area contributed by atoms with Gasteiger partial charge in [-0.15, -0.1) is 0 Å². The van der Waals surface area contributed by atoms with Crippen LogP contribution in [0.2, 0.25) is 11.8 Å². The Morgan fingerprint density at radius 2 is 2.29 bits per heavy atom. The van der Waals surface area contributed by atoms with Crippen LogP contribution >= 0.6 is 11.6 Å². The molecule has 0 amide bonds. The Balaban J connectivity index is 2.08. The van der Waals surface area contributed by atoms with Gasteiger partial charge in [0.15, 0.2) is 0 Å². The molecule has 0 aliphatic carbocycles. The quantitative estimate of drug-likeness (QED) is 0.822. The molecule has 0 saturated heterocycles. The fourth-order valence-electron chi connectivity index (χ4n) is 2.01. The molecule has 1 N–H and O–H groups in total. The van der Waals surface area contributed by atoms with E-state index in [-0.39, 0.29) is 0 Å². The summed E-state index contributed by atoms with van der Waals surface area (Å²) >= 11 is 6.32. The molecular weight excluding hydrogens is 234 g/mol. The predicted molar refractivity (Wildman–Crippen MR) is 68.7 cm³/mol. The number of fused-ring (bicyclic) bond motifs is 1. The van der Waals surface area contributed by atoms with Gasteiger partial charge in [-0.2, -0.15) is 0 Å². The van der Waals surface area contributed by atoms with Crippen molar-refractivity contribution in [3.63, 3.8) is 0 Å². The molecule has 0 fully saturated rings. The summed E-state index contributed by atoms with van der Waals surface area (Å²) < 4.78 is 5.72. The highest BCUT2D eigenvalue weighted by Gasteiger charge is 2.20. The van der Waals surface area contributed by atoms with Crippen molar-refractivity contribution in [3.8, 4) is 11.5 Å². The maximum Gasteiger partial charge on any atom is 0.228 e. The average molecular weight is 245 g/mol. The van der Waals surface area contributed by atoms with Gasteiger partial charge in [-0.25, -0.2) is 4.98 Å². The molecule has 1 aliphatic heterocycles. The lowest BCUT2D eigenvalue weighted by molar-refractivity contribution is 0.511. The van der Waals surface area contributed by atoms with Crippen molar-refractivity contribution in [1.82, 2.24) is 10.3 Å². The molecule has 2 aromatic rings. The molecule has 1 radical (unpaired) electrons. The highest BCUT2D eigenvalue weighted by atomic mass is 35.5. The zero-order valence-corrected chi connectivity index (χ0v) is 10.2. The van der Waals surface area contributed by atoms with E-state index in [0.29, 0.717) is 10.9 Å². The molecule has 17 heavy (non-hydrogen) atoms. The Bertz CT molecular complexity index is 546. The SMILES string of the molecule is C[B]c1cccc(-c2nc3c(o2)CNC3)c1Cl. The minimum absolute atomic E-state index is 0.616. The summed E-state index contributed by atoms with van der Waals surface area (Å²) in [5, 5.41) is 3.89. The van der Waals surface area contributed by atoms with Crippen LogP contribution in [0.25, 0.3) is 11.5 Å². The van der Waals surface area contributed by atoms with Gasteiger partial charge in [-0.1, -0.05) is 36.0 Å². The normalized spacial score (nSPS) is 13.8. The first-order valence-electron chi connectivity index (χ1n) is 5.57. The van der Waals surface area contributed by atoms with E-state index in [1.54, 1.807) is 0 Å². The summed E-state index contributed by atoms with van der Waals surface area (Å²) in [7, 11) is 1.98. The van der Waals surface area contributed by atoms with Crippen LogP contribution in [0.15, 0.2) is 22.6 Å². The summed E-state index contributed by atoms with van der Waals surface area (Å²) in [6.45, 7) is 3.49. The molecule has 3 nitrogen and oxygen atoms in total. The summed E-state index contributed by atoms with van der Waals surface area (Å²) in [6, 6.07) is 5.87. The van der Waals surface area contributed by atoms with Crippen LogP contribution in [-0.4, -0.2) is 12.3 Å². The summed E-state index contributed by atoms with van der Waals surface area (Å²) in [4.78, 5) is 4.47. The van der Waals surface area contributed by atoms with Crippen LogP contribution in [-0.2, 0) is 13.1 Å². The van der Waals surface area contributed by atoms with Crippen molar-refractivity contribution in [2.24, 2.45) is 0 Å². The Morgan fingerprint density at radius 3 is 3.06 bits per heavy atom. The number of benzene rings is 1. The van der Waals surface area contributed by atoms with E-state index in [4.69, 9.17) is 16.0 Å². The van der Waals surface area contributed by atoms with Crippen LogP contribution in [0.3, 0.4) is 0 Å². The number of nitrogens with one attached hydrogen (secondary N) is 1. The average Bonchev–Trinajstić information content (AvgIpc) is 2.89.